The van der Waals surface area contributed by atoms with Gasteiger partial charge in [0.1, 0.15) is 5.82 Å². The van der Waals surface area contributed by atoms with Gasteiger partial charge in [0.2, 0.25) is 5.91 Å². The van der Waals surface area contributed by atoms with Crippen molar-refractivity contribution in [2.24, 2.45) is 0 Å². The first kappa shape index (κ1) is 16.7. The second-order valence-electron chi connectivity index (χ2n) is 5.32. The number of hydrogen-bond donors (Lipinski definition) is 2. The van der Waals surface area contributed by atoms with Crippen molar-refractivity contribution < 1.29 is 9.90 Å². The fraction of sp³-hybridized carbons (Fsp3) is 0.714. The van der Waals surface area contributed by atoms with E-state index in [2.05, 4.69) is 10.4 Å². The number of aromatic nitrogens is 2. The topological polar surface area (TPSA) is 70.4 Å². The lowest BCUT2D eigenvalue weighted by Crippen LogP contribution is -2.31. The Balaban J connectivity index is 2.34. The lowest BCUT2D eigenvalue weighted by atomic mass is 10.2. The van der Waals surface area contributed by atoms with E-state index in [4.69, 9.17) is 5.11 Å². The van der Waals surface area contributed by atoms with Crippen LogP contribution in [-0.2, 0) is 4.79 Å². The van der Waals surface area contributed by atoms with Crippen molar-refractivity contribution >= 4 is 11.7 Å². The summed E-state index contributed by atoms with van der Waals surface area (Å²) in [4.78, 5) is 13.9. The van der Waals surface area contributed by atoms with E-state index in [9.17, 15) is 4.79 Å². The number of likely N-dealkylation sites (N-methyl/N-ethyl adjacent to an activating group) is 1. The maximum absolute atomic E-state index is 12.0. The minimum absolute atomic E-state index is 0.0305. The van der Waals surface area contributed by atoms with Gasteiger partial charge < -0.3 is 10.4 Å². The first-order chi connectivity index (χ1) is 9.54. The number of nitrogens with zero attached hydrogens (tertiary/aromatic N) is 3. The molecule has 0 saturated carbocycles. The van der Waals surface area contributed by atoms with Gasteiger partial charge in [-0.2, -0.15) is 5.10 Å². The van der Waals surface area contributed by atoms with Gasteiger partial charge in [0.15, 0.2) is 0 Å². The van der Waals surface area contributed by atoms with Crippen molar-refractivity contribution in [3.05, 3.63) is 12.3 Å². The van der Waals surface area contributed by atoms with Crippen molar-refractivity contribution in [3.63, 3.8) is 0 Å². The number of nitrogens with one attached hydrogen (secondary N) is 1. The summed E-state index contributed by atoms with van der Waals surface area (Å²) < 4.78 is 1.79. The number of anilines is 1. The zero-order valence-electron chi connectivity index (χ0n) is 12.7. The molecule has 0 spiro atoms. The van der Waals surface area contributed by atoms with E-state index in [0.29, 0.717) is 6.54 Å². The highest BCUT2D eigenvalue weighted by atomic mass is 16.2. The Morgan fingerprint density at radius 2 is 2.20 bits per heavy atom. The average molecular weight is 282 g/mol. The normalized spacial score (nSPS) is 11.3. The third kappa shape index (κ3) is 5.71. The van der Waals surface area contributed by atoms with Crippen LogP contribution in [0.25, 0.3) is 0 Å². The maximum Gasteiger partial charge on any atom is 0.239 e. The summed E-state index contributed by atoms with van der Waals surface area (Å²) in [7, 11) is 1.93. The Morgan fingerprint density at radius 3 is 2.85 bits per heavy atom. The molecule has 1 aromatic heterocycles. The number of aliphatic hydroxyl groups is 1. The molecule has 2 N–H and O–H groups in total. The molecule has 0 aliphatic rings. The molecule has 1 heterocycles. The van der Waals surface area contributed by atoms with Gasteiger partial charge in [-0.1, -0.05) is 0 Å². The molecule has 1 amide bonds. The van der Waals surface area contributed by atoms with E-state index < -0.39 is 0 Å². The molecule has 0 aromatic carbocycles. The highest BCUT2D eigenvalue weighted by molar-refractivity contribution is 5.91. The van der Waals surface area contributed by atoms with Crippen LogP contribution in [0.1, 0.15) is 39.2 Å². The van der Waals surface area contributed by atoms with Gasteiger partial charge in [-0.15, -0.1) is 0 Å². The van der Waals surface area contributed by atoms with Crippen LogP contribution in [0.15, 0.2) is 12.3 Å². The van der Waals surface area contributed by atoms with Gasteiger partial charge in [-0.25, -0.2) is 4.68 Å². The number of hydrogen-bond acceptors (Lipinski definition) is 4. The molecule has 0 unspecified atom stereocenters. The van der Waals surface area contributed by atoms with Gasteiger partial charge in [-0.3, -0.25) is 9.69 Å². The molecule has 20 heavy (non-hydrogen) atoms. The molecule has 0 saturated heterocycles. The van der Waals surface area contributed by atoms with E-state index in [-0.39, 0.29) is 18.6 Å². The van der Waals surface area contributed by atoms with Crippen LogP contribution in [0.4, 0.5) is 5.82 Å². The number of amides is 1. The standard InChI is InChI=1S/C14H26N4O2/c1-12(2)18-13(7-8-15-18)16-14(20)11-17(3)9-5-4-6-10-19/h7-8,12,19H,4-6,9-11H2,1-3H3,(H,16,20). The lowest BCUT2D eigenvalue weighted by Gasteiger charge is -2.17. The van der Waals surface area contributed by atoms with Crippen molar-refractivity contribution in [3.8, 4) is 0 Å². The summed E-state index contributed by atoms with van der Waals surface area (Å²) in [5.41, 5.74) is 0. The van der Waals surface area contributed by atoms with Crippen molar-refractivity contribution in [1.82, 2.24) is 14.7 Å². The third-order valence-corrected chi connectivity index (χ3v) is 3.04. The third-order valence-electron chi connectivity index (χ3n) is 3.04. The quantitative estimate of drug-likeness (QED) is 0.673. The first-order valence-electron chi connectivity index (χ1n) is 7.17. The zero-order valence-corrected chi connectivity index (χ0v) is 12.7. The van der Waals surface area contributed by atoms with Crippen LogP contribution in [0, 0.1) is 0 Å². The molecule has 0 aliphatic carbocycles. The Labute approximate surface area is 120 Å². The molecular formula is C14H26N4O2. The van der Waals surface area contributed by atoms with Crippen LogP contribution >= 0.6 is 0 Å². The van der Waals surface area contributed by atoms with Crippen LogP contribution in [-0.4, -0.2) is 52.4 Å². The highest BCUT2D eigenvalue weighted by Crippen LogP contribution is 2.12. The number of unbranched alkanes of at least 4 members (excludes halogenated alkanes) is 2. The van der Waals surface area contributed by atoms with Crippen LogP contribution in [0.5, 0.6) is 0 Å². The van der Waals surface area contributed by atoms with Gasteiger partial charge in [0.05, 0.1) is 12.7 Å². The Bertz CT molecular complexity index is 404. The van der Waals surface area contributed by atoms with Crippen LogP contribution < -0.4 is 5.32 Å². The number of aliphatic hydroxyl groups excluding tert-OH is 1. The summed E-state index contributed by atoms with van der Waals surface area (Å²) in [5, 5.41) is 15.8. The monoisotopic (exact) mass is 282 g/mol. The minimum Gasteiger partial charge on any atom is -0.396 e. The summed E-state index contributed by atoms with van der Waals surface area (Å²) in [6.45, 7) is 5.51. The largest absolute Gasteiger partial charge is 0.396 e. The Morgan fingerprint density at radius 1 is 1.45 bits per heavy atom. The van der Waals surface area contributed by atoms with Crippen molar-refractivity contribution in [2.45, 2.75) is 39.2 Å². The molecule has 0 aliphatic heterocycles. The van der Waals surface area contributed by atoms with Crippen LogP contribution in [0.2, 0.25) is 0 Å². The lowest BCUT2D eigenvalue weighted by molar-refractivity contribution is -0.117. The molecular weight excluding hydrogens is 256 g/mol. The highest BCUT2D eigenvalue weighted by Gasteiger charge is 2.11. The van der Waals surface area contributed by atoms with Crippen molar-refractivity contribution in [2.75, 3.05) is 32.1 Å². The summed E-state index contributed by atoms with van der Waals surface area (Å²) in [6, 6.07) is 2.02. The second kappa shape index (κ2) is 8.71. The SMILES string of the molecule is CC(C)n1nccc1NC(=O)CN(C)CCCCCO. The average Bonchev–Trinajstić information content (AvgIpc) is 2.82. The van der Waals surface area contributed by atoms with E-state index in [1.54, 1.807) is 16.9 Å². The number of carbonyl (C=O) groups excluding carboxylic acids is 1. The van der Waals surface area contributed by atoms with E-state index in [1.165, 1.54) is 0 Å². The molecule has 0 radical (unpaired) electrons. The molecule has 114 valence electrons. The second-order valence-corrected chi connectivity index (χ2v) is 5.32. The van der Waals surface area contributed by atoms with E-state index >= 15 is 0 Å². The minimum atomic E-state index is -0.0305. The zero-order chi connectivity index (χ0) is 15.0. The van der Waals surface area contributed by atoms with Gasteiger partial charge in [0.25, 0.3) is 0 Å². The summed E-state index contributed by atoms with van der Waals surface area (Å²) in [6.07, 6.45) is 4.50. The van der Waals surface area contributed by atoms with Gasteiger partial charge in [-0.05, 0) is 46.7 Å². The molecule has 1 rings (SSSR count). The molecule has 0 fully saturated rings. The van der Waals surface area contributed by atoms with Crippen LogP contribution in [0.3, 0.4) is 0 Å². The molecule has 6 nitrogen and oxygen atoms in total. The Hall–Kier alpha value is -1.40. The molecule has 6 heteroatoms. The maximum atomic E-state index is 12.0. The predicted molar refractivity (Wildman–Crippen MR) is 79.7 cm³/mol. The van der Waals surface area contributed by atoms with E-state index in [1.807, 2.05) is 25.8 Å². The fourth-order valence-corrected chi connectivity index (χ4v) is 2.00. The van der Waals surface area contributed by atoms with Gasteiger partial charge in [0, 0.05) is 18.7 Å². The fourth-order valence-electron chi connectivity index (χ4n) is 2.00. The molecule has 1 aromatic rings. The van der Waals surface area contributed by atoms with E-state index in [0.717, 1.165) is 31.6 Å². The number of carbonyl (C=O) groups is 1. The van der Waals surface area contributed by atoms with Gasteiger partial charge >= 0.3 is 0 Å². The smallest absolute Gasteiger partial charge is 0.239 e. The summed E-state index contributed by atoms with van der Waals surface area (Å²) >= 11 is 0. The first-order valence-corrected chi connectivity index (χ1v) is 7.17. The van der Waals surface area contributed by atoms with Crippen molar-refractivity contribution in [1.29, 1.82) is 0 Å². The molecule has 0 atom stereocenters. The Kier molecular flexibility index (Phi) is 7.25. The molecule has 0 bridgehead atoms. The summed E-state index contributed by atoms with van der Waals surface area (Å²) in [5.74, 6) is 0.704. The number of rotatable bonds is 9. The predicted octanol–water partition coefficient (Wildman–Crippen LogP) is 1.50.